The van der Waals surface area contributed by atoms with Crippen LogP contribution in [0.1, 0.15) is 16.7 Å². The summed E-state index contributed by atoms with van der Waals surface area (Å²) in [5, 5.41) is 11.5. The number of hydrogen-bond donors (Lipinski definition) is 3. The minimum Gasteiger partial charge on any atom is -0.340 e. The number of anilines is 4. The van der Waals surface area contributed by atoms with Gasteiger partial charge in [-0.1, -0.05) is 24.3 Å². The van der Waals surface area contributed by atoms with E-state index in [1.165, 1.54) is 17.7 Å². The van der Waals surface area contributed by atoms with E-state index in [9.17, 15) is 8.42 Å². The van der Waals surface area contributed by atoms with E-state index in [4.69, 9.17) is 5.14 Å². The zero-order valence-electron chi connectivity index (χ0n) is 17.4. The van der Waals surface area contributed by atoms with E-state index >= 15 is 0 Å². The van der Waals surface area contributed by atoms with Gasteiger partial charge in [-0.05, 0) is 60.9 Å². The Bertz CT molecular complexity index is 1330. The molecule has 2 aromatic carbocycles. The quantitative estimate of drug-likeness (QED) is 0.393. The zero-order valence-corrected chi connectivity index (χ0v) is 18.2. The van der Waals surface area contributed by atoms with Gasteiger partial charge >= 0.3 is 0 Å². The molecule has 0 saturated carbocycles. The molecule has 0 aliphatic heterocycles. The van der Waals surface area contributed by atoms with Crippen LogP contribution in [0.15, 0.2) is 84.1 Å². The first-order chi connectivity index (χ1) is 15.4. The van der Waals surface area contributed by atoms with Crippen LogP contribution in [0, 0.1) is 6.92 Å². The van der Waals surface area contributed by atoms with E-state index in [0.29, 0.717) is 17.5 Å². The number of rotatable bonds is 7. The van der Waals surface area contributed by atoms with Crippen molar-refractivity contribution < 1.29 is 8.42 Å². The molecule has 0 unspecified atom stereocenters. The number of aryl methyl sites for hydroxylation is 1. The molecule has 4 aromatic rings. The summed E-state index contributed by atoms with van der Waals surface area (Å²) in [6.07, 6.45) is 6.13. The van der Waals surface area contributed by atoms with E-state index in [0.717, 1.165) is 23.2 Å². The van der Waals surface area contributed by atoms with Gasteiger partial charge in [-0.25, -0.2) is 18.5 Å². The lowest BCUT2D eigenvalue weighted by Crippen LogP contribution is -2.12. The Hall–Kier alpha value is -3.82. The molecule has 32 heavy (non-hydrogen) atoms. The van der Waals surface area contributed by atoms with Crippen molar-refractivity contribution in [2.75, 3.05) is 10.6 Å². The molecule has 0 bridgehead atoms. The number of aromatic nitrogens is 3. The number of nitrogens with zero attached hydrogens (tertiary/aromatic N) is 3. The normalized spacial score (nSPS) is 11.2. The lowest BCUT2D eigenvalue weighted by atomic mass is 10.1. The number of primary sulfonamides is 1. The second-order valence-electron chi connectivity index (χ2n) is 7.28. The molecule has 0 aliphatic carbocycles. The van der Waals surface area contributed by atoms with Gasteiger partial charge in [0, 0.05) is 35.5 Å². The third-order valence-corrected chi connectivity index (χ3v) is 5.65. The number of hydrogen-bond acceptors (Lipinski definition) is 7. The van der Waals surface area contributed by atoms with E-state index < -0.39 is 10.0 Å². The highest BCUT2D eigenvalue weighted by atomic mass is 32.2. The van der Waals surface area contributed by atoms with Crippen molar-refractivity contribution in [3.05, 3.63) is 95.9 Å². The molecular formula is C23H22N6O2S. The highest BCUT2D eigenvalue weighted by Gasteiger charge is 2.10. The van der Waals surface area contributed by atoms with Crippen LogP contribution in [0.25, 0.3) is 0 Å². The summed E-state index contributed by atoms with van der Waals surface area (Å²) in [5.41, 5.74) is 4.62. The maximum absolute atomic E-state index is 11.6. The Morgan fingerprint density at radius 2 is 1.72 bits per heavy atom. The van der Waals surface area contributed by atoms with Crippen molar-refractivity contribution in [2.45, 2.75) is 18.2 Å². The van der Waals surface area contributed by atoms with Crippen molar-refractivity contribution >= 4 is 33.2 Å². The largest absolute Gasteiger partial charge is 0.340 e. The van der Waals surface area contributed by atoms with Gasteiger partial charge in [0.25, 0.3) is 0 Å². The Morgan fingerprint density at radius 3 is 2.44 bits per heavy atom. The van der Waals surface area contributed by atoms with E-state index in [1.807, 2.05) is 31.3 Å². The lowest BCUT2D eigenvalue weighted by molar-refractivity contribution is 0.598. The van der Waals surface area contributed by atoms with Gasteiger partial charge < -0.3 is 10.6 Å². The first kappa shape index (κ1) is 21.4. The predicted molar refractivity (Wildman–Crippen MR) is 125 cm³/mol. The molecule has 2 aromatic heterocycles. The molecule has 0 fully saturated rings. The third-order valence-electron chi connectivity index (χ3n) is 4.74. The van der Waals surface area contributed by atoms with Crippen molar-refractivity contribution in [3.8, 4) is 0 Å². The highest BCUT2D eigenvalue weighted by molar-refractivity contribution is 7.89. The first-order valence-corrected chi connectivity index (χ1v) is 11.4. The van der Waals surface area contributed by atoms with Crippen LogP contribution in [0.4, 0.5) is 23.1 Å². The standard InChI is InChI=1S/C23H22N6O2S/c1-16-14-26-23(28-20-5-2-6-21(13-20)32(24,30)31)29-22(16)27-19-9-7-17(8-10-19)12-18-4-3-11-25-15-18/h2-11,13-15H,12H2,1H3,(H2,24,30,31)(H2,26,27,28,29). The van der Waals surface area contributed by atoms with Crippen LogP contribution in [0.2, 0.25) is 0 Å². The Labute approximate surface area is 186 Å². The summed E-state index contributed by atoms with van der Waals surface area (Å²) < 4.78 is 23.1. The summed E-state index contributed by atoms with van der Waals surface area (Å²) in [6.45, 7) is 1.91. The smallest absolute Gasteiger partial charge is 0.238 e. The van der Waals surface area contributed by atoms with Gasteiger partial charge in [0.1, 0.15) is 5.82 Å². The topological polar surface area (TPSA) is 123 Å². The Balaban J connectivity index is 1.48. The van der Waals surface area contributed by atoms with Crippen molar-refractivity contribution in [1.29, 1.82) is 0 Å². The van der Waals surface area contributed by atoms with Gasteiger partial charge in [-0.2, -0.15) is 4.98 Å². The average molecular weight is 447 g/mol. The maximum atomic E-state index is 11.6. The second-order valence-corrected chi connectivity index (χ2v) is 8.84. The molecule has 4 N–H and O–H groups in total. The van der Waals surface area contributed by atoms with Crippen molar-refractivity contribution in [3.63, 3.8) is 0 Å². The monoisotopic (exact) mass is 446 g/mol. The minimum absolute atomic E-state index is 0.0133. The zero-order chi connectivity index (χ0) is 22.6. The van der Waals surface area contributed by atoms with Gasteiger partial charge in [0.2, 0.25) is 16.0 Å². The van der Waals surface area contributed by atoms with Crippen LogP contribution < -0.4 is 15.8 Å². The summed E-state index contributed by atoms with van der Waals surface area (Å²) in [5.74, 6) is 0.975. The molecular weight excluding hydrogens is 424 g/mol. The number of nitrogens with two attached hydrogens (primary N) is 1. The summed E-state index contributed by atoms with van der Waals surface area (Å²) in [7, 11) is -3.79. The fourth-order valence-corrected chi connectivity index (χ4v) is 3.65. The molecule has 0 spiro atoms. The number of sulfonamides is 1. The second kappa shape index (κ2) is 9.13. The van der Waals surface area contributed by atoms with Crippen LogP contribution in [0.5, 0.6) is 0 Å². The van der Waals surface area contributed by atoms with Gasteiger partial charge in [-0.3, -0.25) is 4.98 Å². The van der Waals surface area contributed by atoms with Crippen LogP contribution in [-0.4, -0.2) is 23.4 Å². The van der Waals surface area contributed by atoms with Gasteiger partial charge in [-0.15, -0.1) is 0 Å². The highest BCUT2D eigenvalue weighted by Crippen LogP contribution is 2.22. The molecule has 162 valence electrons. The molecule has 2 heterocycles. The molecule has 9 heteroatoms. The maximum Gasteiger partial charge on any atom is 0.238 e. The summed E-state index contributed by atoms with van der Waals surface area (Å²) >= 11 is 0. The Morgan fingerprint density at radius 1 is 0.906 bits per heavy atom. The molecule has 4 rings (SSSR count). The van der Waals surface area contributed by atoms with E-state index in [1.54, 1.807) is 24.5 Å². The Kier molecular flexibility index (Phi) is 6.11. The third kappa shape index (κ3) is 5.45. The first-order valence-electron chi connectivity index (χ1n) is 9.85. The summed E-state index contributed by atoms with van der Waals surface area (Å²) in [6, 6.07) is 18.3. The van der Waals surface area contributed by atoms with Crippen molar-refractivity contribution in [1.82, 2.24) is 15.0 Å². The van der Waals surface area contributed by atoms with Gasteiger partial charge in [0.15, 0.2) is 0 Å². The van der Waals surface area contributed by atoms with Crippen LogP contribution in [-0.2, 0) is 16.4 Å². The molecule has 0 aliphatic rings. The molecule has 0 amide bonds. The van der Waals surface area contributed by atoms with Crippen molar-refractivity contribution in [2.24, 2.45) is 5.14 Å². The van der Waals surface area contributed by atoms with Gasteiger partial charge in [0.05, 0.1) is 4.90 Å². The minimum atomic E-state index is -3.79. The van der Waals surface area contributed by atoms with E-state index in [2.05, 4.69) is 43.8 Å². The molecule has 0 saturated heterocycles. The molecule has 0 radical (unpaired) electrons. The predicted octanol–water partition coefficient (Wildman–Crippen LogP) is 3.91. The van der Waals surface area contributed by atoms with E-state index in [-0.39, 0.29) is 4.90 Å². The number of pyridine rings is 1. The average Bonchev–Trinajstić information content (AvgIpc) is 2.78. The number of benzene rings is 2. The SMILES string of the molecule is Cc1cnc(Nc2cccc(S(N)(=O)=O)c2)nc1Nc1ccc(Cc2cccnc2)cc1. The molecule has 0 atom stereocenters. The summed E-state index contributed by atoms with van der Waals surface area (Å²) in [4.78, 5) is 13.0. The van der Waals surface area contributed by atoms with Crippen LogP contribution >= 0.6 is 0 Å². The number of nitrogens with one attached hydrogen (secondary N) is 2. The fourth-order valence-electron chi connectivity index (χ4n) is 3.09. The van der Waals surface area contributed by atoms with Crippen LogP contribution in [0.3, 0.4) is 0 Å². The molecule has 8 nitrogen and oxygen atoms in total. The lowest BCUT2D eigenvalue weighted by Gasteiger charge is -2.12. The fraction of sp³-hybridized carbons (Fsp3) is 0.0870.